The van der Waals surface area contributed by atoms with Crippen molar-refractivity contribution in [3.8, 4) is 0 Å². The Labute approximate surface area is 244 Å². The third-order valence-corrected chi connectivity index (χ3v) is 13.0. The van der Waals surface area contributed by atoms with Crippen molar-refractivity contribution in [1.82, 2.24) is 0 Å². The van der Waals surface area contributed by atoms with Crippen LogP contribution in [0.3, 0.4) is 0 Å². The van der Waals surface area contributed by atoms with Gasteiger partial charge < -0.3 is 43.4 Å². The van der Waals surface area contributed by atoms with Gasteiger partial charge in [-0.2, -0.15) is 0 Å². The second-order valence-electron chi connectivity index (χ2n) is 14.6. The summed E-state index contributed by atoms with van der Waals surface area (Å²) in [7, 11) is 1.55. The first-order valence-electron chi connectivity index (χ1n) is 15.4. The van der Waals surface area contributed by atoms with E-state index in [2.05, 4.69) is 13.5 Å². The number of rotatable bonds is 2. The van der Waals surface area contributed by atoms with Crippen LogP contribution in [0.2, 0.25) is 0 Å². The zero-order chi connectivity index (χ0) is 29.6. The fourth-order valence-corrected chi connectivity index (χ4v) is 10.9. The lowest BCUT2D eigenvalue weighted by molar-refractivity contribution is -0.351. The molecule has 1 spiro atoms. The van der Waals surface area contributed by atoms with E-state index >= 15 is 0 Å². The van der Waals surface area contributed by atoms with Crippen molar-refractivity contribution >= 4 is 0 Å². The third kappa shape index (κ3) is 3.10. The monoisotopic (exact) mass is 586 g/mol. The molecule has 10 nitrogen and oxygen atoms in total. The number of epoxide rings is 1. The first-order chi connectivity index (χ1) is 19.8. The predicted octanol–water partition coefficient (Wildman–Crippen LogP) is 2.38. The van der Waals surface area contributed by atoms with Crippen molar-refractivity contribution in [2.24, 2.45) is 22.7 Å². The molecule has 2 bridgehead atoms. The molecule has 0 radical (unpaired) electrons. The summed E-state index contributed by atoms with van der Waals surface area (Å²) in [6.45, 7) is 10.6. The zero-order valence-electron chi connectivity index (χ0n) is 24.7. The van der Waals surface area contributed by atoms with Crippen molar-refractivity contribution in [2.75, 3.05) is 7.11 Å². The Kier molecular flexibility index (Phi) is 5.67. The van der Waals surface area contributed by atoms with Crippen LogP contribution in [0, 0.1) is 22.7 Å². The van der Waals surface area contributed by atoms with E-state index in [1.165, 1.54) is 12.3 Å². The number of fused-ring (bicyclic) bond motifs is 6. The van der Waals surface area contributed by atoms with Gasteiger partial charge >= 0.3 is 5.63 Å². The molecule has 4 saturated carbocycles. The van der Waals surface area contributed by atoms with Crippen LogP contribution in [0.5, 0.6) is 0 Å². The Bertz CT molecular complexity index is 1360. The second kappa shape index (κ2) is 8.54. The van der Waals surface area contributed by atoms with Gasteiger partial charge in [0.15, 0.2) is 12.4 Å². The van der Waals surface area contributed by atoms with Crippen LogP contribution in [-0.2, 0) is 23.7 Å². The summed E-state index contributed by atoms with van der Waals surface area (Å²) < 4.78 is 36.9. The first kappa shape index (κ1) is 27.9. The number of methoxy groups -OCH3 is 1. The van der Waals surface area contributed by atoms with E-state index < -0.39 is 64.0 Å². The second-order valence-corrected chi connectivity index (χ2v) is 14.6. The minimum Gasteiger partial charge on any atom is -0.431 e. The maximum atomic E-state index is 12.9. The summed E-state index contributed by atoms with van der Waals surface area (Å²) in [5.74, 6) is -1.75. The lowest BCUT2D eigenvalue weighted by Gasteiger charge is -2.64. The molecule has 1 aromatic rings. The quantitative estimate of drug-likeness (QED) is 0.269. The fourth-order valence-electron chi connectivity index (χ4n) is 10.9. The Morgan fingerprint density at radius 3 is 2.57 bits per heavy atom. The van der Waals surface area contributed by atoms with Crippen molar-refractivity contribution in [2.45, 2.75) is 125 Å². The molecular formula is C32H42O10. The molecule has 8 rings (SSSR count). The van der Waals surface area contributed by atoms with Crippen LogP contribution in [0.1, 0.15) is 70.8 Å². The van der Waals surface area contributed by atoms with Gasteiger partial charge in [0.25, 0.3) is 0 Å². The van der Waals surface area contributed by atoms with Crippen molar-refractivity contribution in [3.05, 3.63) is 46.5 Å². The van der Waals surface area contributed by atoms with Crippen molar-refractivity contribution in [1.29, 1.82) is 0 Å². The van der Waals surface area contributed by atoms with Crippen LogP contribution in [-0.4, -0.2) is 82.3 Å². The van der Waals surface area contributed by atoms with Gasteiger partial charge in [-0.1, -0.05) is 20.4 Å². The molecule has 0 amide bonds. The number of aliphatic hydroxyl groups is 3. The van der Waals surface area contributed by atoms with E-state index in [4.69, 9.17) is 28.1 Å². The molecule has 230 valence electrons. The summed E-state index contributed by atoms with van der Waals surface area (Å²) in [6.07, 6.45) is 0.820. The van der Waals surface area contributed by atoms with Gasteiger partial charge in [0.1, 0.15) is 11.2 Å². The van der Waals surface area contributed by atoms with Crippen LogP contribution in [0.4, 0.5) is 0 Å². The van der Waals surface area contributed by atoms with Gasteiger partial charge in [0.05, 0.1) is 36.8 Å². The Hall–Kier alpha value is -1.63. The molecule has 3 N–H and O–H groups in total. The highest BCUT2D eigenvalue weighted by Gasteiger charge is 2.87. The third-order valence-electron chi connectivity index (χ3n) is 13.0. The zero-order valence-corrected chi connectivity index (χ0v) is 24.7. The number of hydrogen-bond donors (Lipinski definition) is 3. The molecule has 4 heterocycles. The molecule has 7 fully saturated rings. The van der Waals surface area contributed by atoms with Crippen LogP contribution in [0.15, 0.2) is 39.8 Å². The highest BCUT2D eigenvalue weighted by molar-refractivity contribution is 5.46. The van der Waals surface area contributed by atoms with E-state index in [0.29, 0.717) is 37.7 Å². The lowest BCUT2D eigenvalue weighted by Crippen LogP contribution is -2.73. The molecule has 7 aliphatic rings. The maximum absolute atomic E-state index is 12.9. The lowest BCUT2D eigenvalue weighted by atomic mass is 9.41. The highest BCUT2D eigenvalue weighted by atomic mass is 16.8. The van der Waals surface area contributed by atoms with E-state index in [-0.39, 0.29) is 30.1 Å². The minimum atomic E-state index is -1.28. The molecule has 3 aliphatic heterocycles. The fraction of sp³-hybridized carbons (Fsp3) is 0.781. The largest absolute Gasteiger partial charge is 0.431 e. The number of hydrogen-bond acceptors (Lipinski definition) is 10. The van der Waals surface area contributed by atoms with Crippen molar-refractivity contribution < 1.29 is 43.4 Å². The van der Waals surface area contributed by atoms with Crippen LogP contribution >= 0.6 is 0 Å². The van der Waals surface area contributed by atoms with Gasteiger partial charge in [0, 0.05) is 30.9 Å². The maximum Gasteiger partial charge on any atom is 0.335 e. The summed E-state index contributed by atoms with van der Waals surface area (Å²) in [5.41, 5.74) is -2.63. The molecule has 4 aliphatic carbocycles. The summed E-state index contributed by atoms with van der Waals surface area (Å²) in [4.78, 5) is 11.7. The average molecular weight is 587 g/mol. The highest BCUT2D eigenvalue weighted by Crippen LogP contribution is 2.79. The summed E-state index contributed by atoms with van der Waals surface area (Å²) in [6, 6.07) is 3.16. The van der Waals surface area contributed by atoms with Gasteiger partial charge in [-0.15, -0.1) is 0 Å². The Morgan fingerprint density at radius 1 is 1.07 bits per heavy atom. The number of ether oxygens (including phenoxy) is 5. The van der Waals surface area contributed by atoms with E-state index in [9.17, 15) is 20.1 Å². The minimum absolute atomic E-state index is 0.120. The van der Waals surface area contributed by atoms with E-state index in [1.54, 1.807) is 13.2 Å². The molecule has 0 unspecified atom stereocenters. The van der Waals surface area contributed by atoms with Gasteiger partial charge in [-0.3, -0.25) is 0 Å². The molecule has 15 atom stereocenters. The predicted molar refractivity (Wildman–Crippen MR) is 146 cm³/mol. The first-order valence-corrected chi connectivity index (χ1v) is 15.4. The molecule has 3 saturated heterocycles. The van der Waals surface area contributed by atoms with Gasteiger partial charge in [-0.05, 0) is 73.5 Å². The standard InChI is InChI=1S/C32H42O10/c1-15-12-30(37-5)26(35)27(39-15)40-20-10-18-11-22-32(42-22)25(28(18,3)13-21(20)41-30)24(34)16(2)29(4)19(8-9-31(29,32)36)17-6-7-23(33)38-14-17/h6-7,14-15,18-22,24-27,34-36H,2,8-13H2,1,3-5H3/t15-,18+,19+,20+,21+,22-,24+,25+,26-,27-,28-,29+,30-,31+,32-/m0/s1. The normalized spacial score (nSPS) is 57.6. The van der Waals surface area contributed by atoms with Crippen molar-refractivity contribution in [3.63, 3.8) is 0 Å². The summed E-state index contributed by atoms with van der Waals surface area (Å²) in [5, 5.41) is 36.3. The van der Waals surface area contributed by atoms with Gasteiger partial charge in [0.2, 0.25) is 5.79 Å². The topological polar surface area (TPSA) is 140 Å². The summed E-state index contributed by atoms with van der Waals surface area (Å²) >= 11 is 0. The average Bonchev–Trinajstić information content (AvgIpc) is 3.61. The molecule has 10 heteroatoms. The molecule has 42 heavy (non-hydrogen) atoms. The smallest absolute Gasteiger partial charge is 0.335 e. The Balaban J connectivity index is 1.18. The van der Waals surface area contributed by atoms with Crippen LogP contribution < -0.4 is 5.63 Å². The van der Waals surface area contributed by atoms with E-state index in [1.807, 2.05) is 13.8 Å². The molecular weight excluding hydrogens is 544 g/mol. The Morgan fingerprint density at radius 2 is 1.86 bits per heavy atom. The number of aliphatic hydroxyl groups excluding tert-OH is 2. The van der Waals surface area contributed by atoms with Crippen LogP contribution in [0.25, 0.3) is 0 Å². The SMILES string of the molecule is C=C1[C@@H](O)[C@@H]2[C@@]3(C)C[C@H]4O[C@@]5(OC)C[C@H](C)O[C@@H](O[C@@H]4C[C@@H]3C[C@@H]3O[C@@]32[C@@]2(O)CC[C@H](c3ccc(=O)oc3)[C@@]12C)[C@@H]5O. The molecule has 0 aromatic carbocycles. The van der Waals surface area contributed by atoms with Gasteiger partial charge in [-0.25, -0.2) is 4.79 Å². The molecule has 1 aromatic heterocycles. The van der Waals surface area contributed by atoms with E-state index in [0.717, 1.165) is 12.0 Å².